The topological polar surface area (TPSA) is 61.8 Å². The Morgan fingerprint density at radius 2 is 1.79 bits per heavy atom. The van der Waals surface area contributed by atoms with Crippen molar-refractivity contribution in [2.24, 2.45) is 5.41 Å². The van der Waals surface area contributed by atoms with Gasteiger partial charge < -0.3 is 9.47 Å². The van der Waals surface area contributed by atoms with E-state index in [4.69, 9.17) is 13.7 Å². The minimum Gasteiger partial charge on any atom is -0.347 e. The Balaban J connectivity index is 2.03. The summed E-state index contributed by atoms with van der Waals surface area (Å²) >= 11 is 0. The molecule has 0 spiro atoms. The van der Waals surface area contributed by atoms with E-state index in [-0.39, 0.29) is 17.6 Å². The maximum absolute atomic E-state index is 12.4. The van der Waals surface area contributed by atoms with Crippen LogP contribution in [0.3, 0.4) is 0 Å². The molecule has 1 heterocycles. The lowest BCUT2D eigenvalue weighted by Crippen LogP contribution is -2.38. The molecule has 0 amide bonds. The summed E-state index contributed by atoms with van der Waals surface area (Å²) < 4.78 is 41.9. The molecule has 0 saturated carbocycles. The highest BCUT2D eigenvalue weighted by molar-refractivity contribution is 7.86. The standard InChI is InChI=1S/C18H28O5S/c1-6-18(7-2)21-12-16(23-18)17(4,5)13-22-24(19,20)15-10-8-14(3)9-11-15/h8-11,16H,6-7,12-13H2,1-5H3. The van der Waals surface area contributed by atoms with E-state index in [1.54, 1.807) is 24.3 Å². The Hall–Kier alpha value is -0.950. The number of benzene rings is 1. The maximum atomic E-state index is 12.4. The molecule has 1 fully saturated rings. The molecule has 1 aromatic carbocycles. The third-order valence-electron chi connectivity index (χ3n) is 4.70. The van der Waals surface area contributed by atoms with E-state index in [2.05, 4.69) is 0 Å². The van der Waals surface area contributed by atoms with Gasteiger partial charge in [0.05, 0.1) is 24.2 Å². The molecular formula is C18H28O5S. The van der Waals surface area contributed by atoms with Gasteiger partial charge in [0.15, 0.2) is 5.79 Å². The van der Waals surface area contributed by atoms with Crippen molar-refractivity contribution in [1.29, 1.82) is 0 Å². The molecule has 6 heteroatoms. The van der Waals surface area contributed by atoms with Gasteiger partial charge in [-0.3, -0.25) is 4.18 Å². The van der Waals surface area contributed by atoms with Gasteiger partial charge in [0, 0.05) is 5.41 Å². The summed E-state index contributed by atoms with van der Waals surface area (Å²) in [7, 11) is -3.78. The molecule has 0 radical (unpaired) electrons. The van der Waals surface area contributed by atoms with Gasteiger partial charge in [0.2, 0.25) is 0 Å². The van der Waals surface area contributed by atoms with E-state index in [0.717, 1.165) is 18.4 Å². The highest BCUT2D eigenvalue weighted by atomic mass is 32.2. The van der Waals surface area contributed by atoms with Crippen LogP contribution in [0.1, 0.15) is 46.1 Å². The summed E-state index contributed by atoms with van der Waals surface area (Å²) in [6.07, 6.45) is 1.32. The molecule has 0 aliphatic carbocycles. The van der Waals surface area contributed by atoms with Crippen LogP contribution in [0.2, 0.25) is 0 Å². The van der Waals surface area contributed by atoms with Crippen LogP contribution in [0.15, 0.2) is 29.2 Å². The van der Waals surface area contributed by atoms with Crippen molar-refractivity contribution in [2.45, 2.75) is 64.2 Å². The number of ether oxygens (including phenoxy) is 2. The van der Waals surface area contributed by atoms with Crippen molar-refractivity contribution >= 4 is 10.1 Å². The van der Waals surface area contributed by atoms with Gasteiger partial charge in [-0.2, -0.15) is 8.42 Å². The Labute approximate surface area is 145 Å². The van der Waals surface area contributed by atoms with Crippen molar-refractivity contribution in [2.75, 3.05) is 13.2 Å². The lowest BCUT2D eigenvalue weighted by atomic mass is 9.88. The quantitative estimate of drug-likeness (QED) is 0.698. The smallest absolute Gasteiger partial charge is 0.296 e. The molecule has 0 aromatic heterocycles. The zero-order valence-electron chi connectivity index (χ0n) is 15.2. The normalized spacial score (nSPS) is 21.1. The average Bonchev–Trinajstić information content (AvgIpc) is 3.00. The summed E-state index contributed by atoms with van der Waals surface area (Å²) in [6, 6.07) is 6.64. The number of hydrogen-bond acceptors (Lipinski definition) is 5. The zero-order valence-corrected chi connectivity index (χ0v) is 16.0. The number of hydrogen-bond donors (Lipinski definition) is 0. The fourth-order valence-electron chi connectivity index (χ4n) is 2.66. The van der Waals surface area contributed by atoms with E-state index in [1.165, 1.54) is 0 Å². The van der Waals surface area contributed by atoms with Crippen LogP contribution in [0.25, 0.3) is 0 Å². The molecule has 5 nitrogen and oxygen atoms in total. The van der Waals surface area contributed by atoms with E-state index in [1.807, 2.05) is 34.6 Å². The van der Waals surface area contributed by atoms with Crippen LogP contribution < -0.4 is 0 Å². The summed E-state index contributed by atoms with van der Waals surface area (Å²) in [5.74, 6) is -0.558. The highest BCUT2D eigenvalue weighted by Gasteiger charge is 2.45. The minimum atomic E-state index is -3.78. The SMILES string of the molecule is CCC1(CC)OCC(C(C)(C)COS(=O)(=O)c2ccc(C)cc2)O1. The van der Waals surface area contributed by atoms with E-state index >= 15 is 0 Å². The van der Waals surface area contributed by atoms with Crippen LogP contribution in [0.5, 0.6) is 0 Å². The summed E-state index contributed by atoms with van der Waals surface area (Å²) in [5, 5.41) is 0. The largest absolute Gasteiger partial charge is 0.347 e. The first-order valence-electron chi connectivity index (χ1n) is 8.42. The van der Waals surface area contributed by atoms with Crippen molar-refractivity contribution < 1.29 is 22.1 Å². The van der Waals surface area contributed by atoms with Crippen molar-refractivity contribution in [3.05, 3.63) is 29.8 Å². The molecule has 24 heavy (non-hydrogen) atoms. The van der Waals surface area contributed by atoms with Gasteiger partial charge in [0.1, 0.15) is 0 Å². The van der Waals surface area contributed by atoms with E-state index < -0.39 is 21.3 Å². The summed E-state index contributed by atoms with van der Waals surface area (Å²) in [6.45, 7) is 10.3. The molecule has 0 bridgehead atoms. The van der Waals surface area contributed by atoms with Gasteiger partial charge in [-0.25, -0.2) is 0 Å². The highest BCUT2D eigenvalue weighted by Crippen LogP contribution is 2.38. The Morgan fingerprint density at radius 1 is 1.21 bits per heavy atom. The zero-order chi connectivity index (χ0) is 18.0. The molecule has 1 atom stereocenters. The predicted octanol–water partition coefficient (Wildman–Crippen LogP) is 3.66. The van der Waals surface area contributed by atoms with Crippen LogP contribution in [0.4, 0.5) is 0 Å². The lowest BCUT2D eigenvalue weighted by Gasteiger charge is -2.32. The molecule has 1 aromatic rings. The Kier molecular flexibility index (Phi) is 5.75. The molecule has 2 rings (SSSR count). The van der Waals surface area contributed by atoms with E-state index in [0.29, 0.717) is 6.61 Å². The molecule has 1 unspecified atom stereocenters. The first-order chi connectivity index (χ1) is 11.1. The molecule has 1 saturated heterocycles. The number of aryl methyl sites for hydroxylation is 1. The first-order valence-corrected chi connectivity index (χ1v) is 9.83. The predicted molar refractivity (Wildman–Crippen MR) is 92.2 cm³/mol. The molecule has 0 N–H and O–H groups in total. The third kappa shape index (κ3) is 4.17. The Morgan fingerprint density at radius 3 is 2.29 bits per heavy atom. The minimum absolute atomic E-state index is 0.0424. The van der Waals surface area contributed by atoms with Crippen molar-refractivity contribution in [3.63, 3.8) is 0 Å². The first kappa shape index (κ1) is 19.4. The van der Waals surface area contributed by atoms with Crippen LogP contribution >= 0.6 is 0 Å². The van der Waals surface area contributed by atoms with Gasteiger partial charge in [0.25, 0.3) is 10.1 Å². The van der Waals surface area contributed by atoms with Gasteiger partial charge >= 0.3 is 0 Å². The van der Waals surface area contributed by atoms with Crippen LogP contribution in [-0.2, 0) is 23.8 Å². The maximum Gasteiger partial charge on any atom is 0.296 e. The summed E-state index contributed by atoms with van der Waals surface area (Å²) in [4.78, 5) is 0.170. The second-order valence-electron chi connectivity index (χ2n) is 7.05. The molecule has 1 aliphatic heterocycles. The summed E-state index contributed by atoms with van der Waals surface area (Å²) in [5.41, 5.74) is 0.519. The monoisotopic (exact) mass is 356 g/mol. The molecular weight excluding hydrogens is 328 g/mol. The third-order valence-corrected chi connectivity index (χ3v) is 5.98. The lowest BCUT2D eigenvalue weighted by molar-refractivity contribution is -0.184. The fraction of sp³-hybridized carbons (Fsp3) is 0.667. The second-order valence-corrected chi connectivity index (χ2v) is 8.67. The van der Waals surface area contributed by atoms with Gasteiger partial charge in [-0.1, -0.05) is 45.4 Å². The van der Waals surface area contributed by atoms with Crippen molar-refractivity contribution in [1.82, 2.24) is 0 Å². The van der Waals surface area contributed by atoms with Gasteiger partial charge in [-0.05, 0) is 31.9 Å². The number of rotatable bonds is 7. The second kappa shape index (κ2) is 7.12. The van der Waals surface area contributed by atoms with Crippen molar-refractivity contribution in [3.8, 4) is 0 Å². The average molecular weight is 356 g/mol. The van der Waals surface area contributed by atoms with E-state index in [9.17, 15) is 8.42 Å². The molecule has 136 valence electrons. The van der Waals surface area contributed by atoms with Gasteiger partial charge in [-0.15, -0.1) is 0 Å². The van der Waals surface area contributed by atoms with Crippen LogP contribution in [-0.4, -0.2) is 33.5 Å². The van der Waals surface area contributed by atoms with Crippen LogP contribution in [0, 0.1) is 12.3 Å². The Bertz CT molecular complexity index is 644. The molecule has 1 aliphatic rings. The fourth-order valence-corrected chi connectivity index (χ4v) is 3.72.